The van der Waals surface area contributed by atoms with Crippen LogP contribution in [0.15, 0.2) is 78.9 Å². The van der Waals surface area contributed by atoms with Crippen LogP contribution in [0, 0.1) is 0 Å². The van der Waals surface area contributed by atoms with Crippen LogP contribution < -0.4 is 14.2 Å². The molecule has 0 fully saturated rings. The fourth-order valence-corrected chi connectivity index (χ4v) is 4.14. The van der Waals surface area contributed by atoms with Crippen molar-refractivity contribution >= 4 is 21.9 Å². The van der Waals surface area contributed by atoms with Crippen molar-refractivity contribution in [3.05, 3.63) is 101 Å². The van der Waals surface area contributed by atoms with Gasteiger partial charge in [0.1, 0.15) is 17.2 Å². The Morgan fingerprint density at radius 2 is 1.10 bits per heavy atom. The summed E-state index contributed by atoms with van der Waals surface area (Å²) in [5, 5.41) is 2.13. The molecule has 148 valence electrons. The molecule has 0 saturated carbocycles. The normalized spacial score (nSPS) is 11.8. The Balaban J connectivity index is 1.75. The van der Waals surface area contributed by atoms with Gasteiger partial charge in [-0.2, -0.15) is 0 Å². The SMILES string of the molecule is COc1ccc(C(=C2c3cc4c(OC)ccc(OC)c4cc32)c2ccccc2)cc1. The first-order valence-corrected chi connectivity index (χ1v) is 9.88. The van der Waals surface area contributed by atoms with E-state index < -0.39 is 0 Å². The fourth-order valence-electron chi connectivity index (χ4n) is 4.14. The van der Waals surface area contributed by atoms with Gasteiger partial charge in [0.15, 0.2) is 0 Å². The van der Waals surface area contributed by atoms with Crippen LogP contribution in [0.3, 0.4) is 0 Å². The van der Waals surface area contributed by atoms with E-state index in [0.717, 1.165) is 33.6 Å². The first-order valence-electron chi connectivity index (χ1n) is 9.88. The van der Waals surface area contributed by atoms with E-state index in [9.17, 15) is 0 Å². The topological polar surface area (TPSA) is 27.7 Å². The molecule has 0 amide bonds. The lowest BCUT2D eigenvalue weighted by atomic mass is 9.96. The van der Waals surface area contributed by atoms with Crippen LogP contribution in [0.1, 0.15) is 22.3 Å². The van der Waals surface area contributed by atoms with E-state index in [0.29, 0.717) is 0 Å². The molecule has 0 aromatic heterocycles. The molecule has 0 atom stereocenters. The molecule has 0 aliphatic heterocycles. The first kappa shape index (κ1) is 18.3. The zero-order valence-electron chi connectivity index (χ0n) is 17.2. The van der Waals surface area contributed by atoms with E-state index in [-0.39, 0.29) is 0 Å². The number of rotatable bonds is 5. The molecule has 0 spiro atoms. The van der Waals surface area contributed by atoms with Crippen molar-refractivity contribution in [1.29, 1.82) is 0 Å². The van der Waals surface area contributed by atoms with Crippen molar-refractivity contribution in [3.63, 3.8) is 0 Å². The standard InChI is InChI=1S/C27H22O3/c1-28-19-11-9-18(10-12-19)26(17-7-5-4-6-8-17)27-22-15-20-21(16-23(22)27)25(30-3)14-13-24(20)29-2/h4-16H,1-3H3. The van der Waals surface area contributed by atoms with Crippen LogP contribution in [0.5, 0.6) is 17.2 Å². The van der Waals surface area contributed by atoms with Gasteiger partial charge in [-0.3, -0.25) is 0 Å². The Kier molecular flexibility index (Phi) is 4.44. The maximum atomic E-state index is 5.61. The molecule has 0 N–H and O–H groups in total. The van der Waals surface area contributed by atoms with Crippen LogP contribution in [-0.4, -0.2) is 21.3 Å². The highest BCUT2D eigenvalue weighted by molar-refractivity contribution is 6.19. The molecule has 3 heteroatoms. The molecule has 1 aliphatic carbocycles. The molecule has 0 bridgehead atoms. The molecule has 30 heavy (non-hydrogen) atoms. The van der Waals surface area contributed by atoms with Crippen molar-refractivity contribution in [2.75, 3.05) is 21.3 Å². The highest BCUT2D eigenvalue weighted by Gasteiger charge is 2.31. The summed E-state index contributed by atoms with van der Waals surface area (Å²) < 4.78 is 16.6. The summed E-state index contributed by atoms with van der Waals surface area (Å²) in [5.41, 5.74) is 7.36. The lowest BCUT2D eigenvalue weighted by molar-refractivity contribution is 0.410. The van der Waals surface area contributed by atoms with Gasteiger partial charge in [0.25, 0.3) is 0 Å². The van der Waals surface area contributed by atoms with E-state index in [2.05, 4.69) is 48.5 Å². The van der Waals surface area contributed by atoms with Gasteiger partial charge in [-0.15, -0.1) is 0 Å². The summed E-state index contributed by atoms with van der Waals surface area (Å²) in [7, 11) is 5.10. The lowest BCUT2D eigenvalue weighted by Gasteiger charge is -2.09. The second-order valence-electron chi connectivity index (χ2n) is 7.26. The van der Waals surface area contributed by atoms with Gasteiger partial charge in [0.2, 0.25) is 0 Å². The van der Waals surface area contributed by atoms with Crippen LogP contribution in [0.2, 0.25) is 0 Å². The highest BCUT2D eigenvalue weighted by atomic mass is 16.5. The minimum Gasteiger partial charge on any atom is -0.497 e. The molecule has 0 unspecified atom stereocenters. The summed E-state index contributed by atoms with van der Waals surface area (Å²) in [6.45, 7) is 0. The van der Waals surface area contributed by atoms with E-state index in [1.807, 2.05) is 30.3 Å². The Morgan fingerprint density at radius 1 is 0.567 bits per heavy atom. The molecule has 3 nitrogen and oxygen atoms in total. The highest BCUT2D eigenvalue weighted by Crippen LogP contribution is 2.52. The zero-order valence-corrected chi connectivity index (χ0v) is 17.2. The maximum absolute atomic E-state index is 5.61. The molecular formula is C27H22O3. The predicted octanol–water partition coefficient (Wildman–Crippen LogP) is 6.19. The summed E-state index contributed by atoms with van der Waals surface area (Å²) in [6.07, 6.45) is 0. The summed E-state index contributed by atoms with van der Waals surface area (Å²) in [6, 6.07) is 27.1. The minimum absolute atomic E-state index is 0.852. The van der Waals surface area contributed by atoms with Gasteiger partial charge < -0.3 is 14.2 Å². The van der Waals surface area contributed by atoms with Crippen LogP contribution >= 0.6 is 0 Å². The molecule has 1 aliphatic rings. The van der Waals surface area contributed by atoms with Gasteiger partial charge in [-0.25, -0.2) is 0 Å². The Hall–Kier alpha value is -3.72. The third kappa shape index (κ3) is 2.91. The van der Waals surface area contributed by atoms with Crippen molar-refractivity contribution in [2.24, 2.45) is 0 Å². The maximum Gasteiger partial charge on any atom is 0.126 e. The van der Waals surface area contributed by atoms with Gasteiger partial charge in [0, 0.05) is 10.8 Å². The molecule has 5 rings (SSSR count). The van der Waals surface area contributed by atoms with E-state index >= 15 is 0 Å². The van der Waals surface area contributed by atoms with Gasteiger partial charge in [-0.1, -0.05) is 42.5 Å². The molecule has 4 aromatic carbocycles. The Bertz CT molecular complexity index is 1220. The van der Waals surface area contributed by atoms with Crippen LogP contribution in [0.25, 0.3) is 21.9 Å². The van der Waals surface area contributed by atoms with Gasteiger partial charge >= 0.3 is 0 Å². The van der Waals surface area contributed by atoms with E-state index in [1.54, 1.807) is 21.3 Å². The van der Waals surface area contributed by atoms with E-state index in [1.165, 1.54) is 27.8 Å². The predicted molar refractivity (Wildman–Crippen MR) is 122 cm³/mol. The zero-order chi connectivity index (χ0) is 20.7. The largest absolute Gasteiger partial charge is 0.497 e. The molecule has 0 heterocycles. The summed E-state index contributed by atoms with van der Waals surface area (Å²) in [5.74, 6) is 2.56. The van der Waals surface area contributed by atoms with Crippen LogP contribution in [0.4, 0.5) is 0 Å². The van der Waals surface area contributed by atoms with Crippen molar-refractivity contribution < 1.29 is 14.2 Å². The Labute approximate surface area is 176 Å². The second kappa shape index (κ2) is 7.27. The quantitative estimate of drug-likeness (QED) is 0.356. The summed E-state index contributed by atoms with van der Waals surface area (Å²) in [4.78, 5) is 0. The van der Waals surface area contributed by atoms with Crippen molar-refractivity contribution in [2.45, 2.75) is 0 Å². The lowest BCUT2D eigenvalue weighted by Crippen LogP contribution is -1.89. The third-order valence-corrected chi connectivity index (χ3v) is 5.68. The molecular weight excluding hydrogens is 372 g/mol. The second-order valence-corrected chi connectivity index (χ2v) is 7.26. The van der Waals surface area contributed by atoms with Gasteiger partial charge in [0.05, 0.1) is 21.3 Å². The Morgan fingerprint density at radius 3 is 1.60 bits per heavy atom. The monoisotopic (exact) mass is 394 g/mol. The number of hydrogen-bond donors (Lipinski definition) is 0. The van der Waals surface area contributed by atoms with Crippen molar-refractivity contribution in [1.82, 2.24) is 0 Å². The van der Waals surface area contributed by atoms with Gasteiger partial charge in [-0.05, 0) is 69.8 Å². The molecule has 0 saturated heterocycles. The fraction of sp³-hybridized carbons (Fsp3) is 0.111. The number of methoxy groups -OCH3 is 3. The minimum atomic E-state index is 0.852. The van der Waals surface area contributed by atoms with Crippen molar-refractivity contribution in [3.8, 4) is 17.2 Å². The number of fused-ring (bicyclic) bond motifs is 2. The number of benzene rings is 4. The number of hydrogen-bond acceptors (Lipinski definition) is 3. The average molecular weight is 394 g/mol. The summed E-state index contributed by atoms with van der Waals surface area (Å²) >= 11 is 0. The molecule has 4 aromatic rings. The number of ether oxygens (including phenoxy) is 3. The molecule has 0 radical (unpaired) electrons. The average Bonchev–Trinajstić information content (AvgIpc) is 3.50. The van der Waals surface area contributed by atoms with Crippen LogP contribution in [-0.2, 0) is 0 Å². The third-order valence-electron chi connectivity index (χ3n) is 5.68. The first-order chi connectivity index (χ1) is 14.7. The van der Waals surface area contributed by atoms with E-state index in [4.69, 9.17) is 14.2 Å². The smallest absolute Gasteiger partial charge is 0.126 e.